The van der Waals surface area contributed by atoms with Crippen molar-refractivity contribution in [3.8, 4) is 0 Å². The van der Waals surface area contributed by atoms with Gasteiger partial charge in [0.25, 0.3) is 0 Å². The molecule has 7 nitrogen and oxygen atoms in total. The predicted molar refractivity (Wildman–Crippen MR) is 119 cm³/mol. The van der Waals surface area contributed by atoms with Gasteiger partial charge in [0.15, 0.2) is 0 Å². The molecular weight excluding hydrogens is 400 g/mol. The molecule has 30 heavy (non-hydrogen) atoms. The Hall–Kier alpha value is -2.29. The molecule has 0 unspecified atom stereocenters. The van der Waals surface area contributed by atoms with E-state index in [0.717, 1.165) is 43.2 Å². The van der Waals surface area contributed by atoms with E-state index in [1.807, 2.05) is 36.6 Å². The summed E-state index contributed by atoms with van der Waals surface area (Å²) in [7, 11) is 0. The van der Waals surface area contributed by atoms with Crippen molar-refractivity contribution in [3.63, 3.8) is 0 Å². The molecule has 0 aromatic heterocycles. The van der Waals surface area contributed by atoms with Gasteiger partial charge in [0, 0.05) is 49.9 Å². The number of nitrogens with zero attached hydrogens (tertiary/aromatic N) is 2. The van der Waals surface area contributed by atoms with Crippen LogP contribution in [0.25, 0.3) is 0 Å². The fraction of sp³-hybridized carbons (Fsp3) is 0.455. The van der Waals surface area contributed by atoms with Crippen LogP contribution in [0, 0.1) is 0 Å². The Balaban J connectivity index is 1.87. The van der Waals surface area contributed by atoms with Crippen LogP contribution in [0.3, 0.4) is 0 Å². The van der Waals surface area contributed by atoms with Crippen molar-refractivity contribution in [2.24, 2.45) is 0 Å². The lowest BCUT2D eigenvalue weighted by Crippen LogP contribution is -2.51. The van der Waals surface area contributed by atoms with E-state index in [-0.39, 0.29) is 12.6 Å². The van der Waals surface area contributed by atoms with Crippen LogP contribution >= 0.6 is 11.8 Å². The largest absolute Gasteiger partial charge is 0.463 e. The van der Waals surface area contributed by atoms with E-state index in [1.165, 1.54) is 0 Å². The molecule has 2 N–H and O–H groups in total. The Labute approximate surface area is 182 Å². The Kier molecular flexibility index (Phi) is 7.95. The van der Waals surface area contributed by atoms with Crippen molar-refractivity contribution < 1.29 is 14.3 Å². The number of piperazine rings is 1. The van der Waals surface area contributed by atoms with Crippen LogP contribution in [0.2, 0.25) is 0 Å². The second-order valence-corrected chi connectivity index (χ2v) is 8.16. The summed E-state index contributed by atoms with van der Waals surface area (Å²) in [6.07, 6.45) is 3.93. The lowest BCUT2D eigenvalue weighted by molar-refractivity contribution is -0.139. The number of nitrogens with one attached hydrogen (secondary N) is 2. The molecule has 2 amide bonds. The molecule has 2 aliphatic heterocycles. The van der Waals surface area contributed by atoms with E-state index in [0.29, 0.717) is 17.8 Å². The van der Waals surface area contributed by atoms with Crippen LogP contribution in [-0.2, 0) is 9.53 Å². The van der Waals surface area contributed by atoms with E-state index in [4.69, 9.17) is 4.74 Å². The summed E-state index contributed by atoms with van der Waals surface area (Å²) >= 11 is 1.65. The molecule has 0 aliphatic carbocycles. The maximum absolute atomic E-state index is 12.9. The Bertz CT molecular complexity index is 801. The van der Waals surface area contributed by atoms with Crippen LogP contribution in [0.5, 0.6) is 0 Å². The van der Waals surface area contributed by atoms with Crippen molar-refractivity contribution in [2.75, 3.05) is 52.1 Å². The number of esters is 1. The van der Waals surface area contributed by atoms with Crippen LogP contribution in [0.15, 0.2) is 53.1 Å². The fourth-order valence-electron chi connectivity index (χ4n) is 3.78. The maximum atomic E-state index is 12.9. The number of amides is 2. The molecule has 1 aromatic rings. The van der Waals surface area contributed by atoms with E-state index < -0.39 is 12.0 Å². The van der Waals surface area contributed by atoms with E-state index in [1.54, 1.807) is 18.7 Å². The molecule has 3 rings (SSSR count). The lowest BCUT2D eigenvalue weighted by atomic mass is 9.95. The average molecular weight is 431 g/mol. The zero-order chi connectivity index (χ0) is 21.5. The number of carbonyl (C=O) groups is 2. The number of hydrogen-bond donors (Lipinski definition) is 2. The third kappa shape index (κ3) is 5.44. The Morgan fingerprint density at radius 3 is 2.50 bits per heavy atom. The molecular formula is C22H30N4O3S. The molecule has 2 aliphatic rings. The maximum Gasteiger partial charge on any atom is 0.338 e. The summed E-state index contributed by atoms with van der Waals surface area (Å²) in [5, 5.41) is 5.76. The zero-order valence-corrected chi connectivity index (χ0v) is 18.5. The average Bonchev–Trinajstić information content (AvgIpc) is 2.75. The van der Waals surface area contributed by atoms with Gasteiger partial charge in [-0.1, -0.05) is 18.2 Å². The topological polar surface area (TPSA) is 73.9 Å². The van der Waals surface area contributed by atoms with Crippen molar-refractivity contribution in [2.45, 2.75) is 17.9 Å². The highest BCUT2D eigenvalue weighted by molar-refractivity contribution is 7.98. The summed E-state index contributed by atoms with van der Waals surface area (Å²) in [6, 6.07) is 7.05. The third-order valence-corrected chi connectivity index (χ3v) is 6.08. The van der Waals surface area contributed by atoms with Gasteiger partial charge in [-0.05, 0) is 30.9 Å². The SMILES string of the molecule is C=CCN1CCN(CC2=C(C(=O)OCC)[C@@H](c3ccc(SC)cc3)NC(=O)N2)CC1. The van der Waals surface area contributed by atoms with Crippen molar-refractivity contribution in [1.82, 2.24) is 20.4 Å². The standard InChI is InChI=1S/C22H30N4O3S/c1-4-10-25-11-13-26(14-12-25)15-18-19(21(27)29-5-2)20(24-22(28)23-18)16-6-8-17(30-3)9-7-16/h4,6-9,20H,1,5,10-15H2,2-3H3,(H2,23,24,28)/t20-/m1/s1. The molecule has 0 saturated carbocycles. The van der Waals surface area contributed by atoms with Gasteiger partial charge in [-0.25, -0.2) is 9.59 Å². The second kappa shape index (κ2) is 10.7. The van der Waals surface area contributed by atoms with Crippen LogP contribution in [0.1, 0.15) is 18.5 Å². The highest BCUT2D eigenvalue weighted by Crippen LogP contribution is 2.29. The molecule has 1 atom stereocenters. The molecule has 0 radical (unpaired) electrons. The molecule has 1 fully saturated rings. The number of carbonyl (C=O) groups excluding carboxylic acids is 2. The number of rotatable bonds is 8. The number of thioether (sulfide) groups is 1. The van der Waals surface area contributed by atoms with E-state index >= 15 is 0 Å². The minimum Gasteiger partial charge on any atom is -0.463 e. The zero-order valence-electron chi connectivity index (χ0n) is 17.6. The summed E-state index contributed by atoms with van der Waals surface area (Å²) in [5.41, 5.74) is 1.95. The van der Waals surface area contributed by atoms with Gasteiger partial charge in [0.2, 0.25) is 0 Å². The molecule has 0 bridgehead atoms. The summed E-state index contributed by atoms with van der Waals surface area (Å²) in [6.45, 7) is 10.8. The smallest absolute Gasteiger partial charge is 0.338 e. The van der Waals surface area contributed by atoms with Crippen molar-refractivity contribution >= 4 is 23.8 Å². The minimum atomic E-state index is -0.536. The van der Waals surface area contributed by atoms with Crippen molar-refractivity contribution in [1.29, 1.82) is 0 Å². The van der Waals surface area contributed by atoms with Crippen LogP contribution in [-0.4, -0.2) is 73.9 Å². The molecule has 8 heteroatoms. The van der Waals surface area contributed by atoms with Gasteiger partial charge >= 0.3 is 12.0 Å². The number of benzene rings is 1. The van der Waals surface area contributed by atoms with E-state index in [2.05, 4.69) is 27.0 Å². The Morgan fingerprint density at radius 1 is 1.23 bits per heavy atom. The second-order valence-electron chi connectivity index (χ2n) is 7.28. The predicted octanol–water partition coefficient (Wildman–Crippen LogP) is 2.38. The summed E-state index contributed by atoms with van der Waals surface area (Å²) in [5.74, 6) is -0.399. The summed E-state index contributed by atoms with van der Waals surface area (Å²) in [4.78, 5) is 31.0. The van der Waals surface area contributed by atoms with Crippen LogP contribution in [0.4, 0.5) is 4.79 Å². The fourth-order valence-corrected chi connectivity index (χ4v) is 4.18. The number of ether oxygens (including phenoxy) is 1. The van der Waals surface area contributed by atoms with Gasteiger partial charge in [-0.2, -0.15) is 0 Å². The quantitative estimate of drug-likeness (QED) is 0.375. The first-order valence-electron chi connectivity index (χ1n) is 10.2. The molecule has 0 spiro atoms. The van der Waals surface area contributed by atoms with Gasteiger partial charge in [-0.3, -0.25) is 9.80 Å². The van der Waals surface area contributed by atoms with Crippen LogP contribution < -0.4 is 10.6 Å². The summed E-state index contributed by atoms with van der Waals surface area (Å²) < 4.78 is 5.35. The first-order chi connectivity index (χ1) is 14.5. The third-order valence-electron chi connectivity index (χ3n) is 5.33. The number of hydrogen-bond acceptors (Lipinski definition) is 6. The van der Waals surface area contributed by atoms with Gasteiger partial charge in [0.05, 0.1) is 18.2 Å². The van der Waals surface area contributed by atoms with Gasteiger partial charge < -0.3 is 15.4 Å². The Morgan fingerprint density at radius 2 is 1.90 bits per heavy atom. The van der Waals surface area contributed by atoms with E-state index in [9.17, 15) is 9.59 Å². The lowest BCUT2D eigenvalue weighted by Gasteiger charge is -2.36. The highest BCUT2D eigenvalue weighted by Gasteiger charge is 2.34. The molecule has 2 heterocycles. The molecule has 1 saturated heterocycles. The molecule has 1 aromatic carbocycles. The van der Waals surface area contributed by atoms with Crippen molar-refractivity contribution in [3.05, 3.63) is 53.8 Å². The first kappa shape index (κ1) is 22.4. The minimum absolute atomic E-state index is 0.280. The first-order valence-corrected chi connectivity index (χ1v) is 11.5. The number of urea groups is 1. The van der Waals surface area contributed by atoms with Gasteiger partial charge in [-0.15, -0.1) is 18.3 Å². The highest BCUT2D eigenvalue weighted by atomic mass is 32.2. The van der Waals surface area contributed by atoms with Gasteiger partial charge in [0.1, 0.15) is 0 Å². The normalized spacial score (nSPS) is 20.5. The molecule has 162 valence electrons. The monoisotopic (exact) mass is 430 g/mol.